The summed E-state index contributed by atoms with van der Waals surface area (Å²) in [4.78, 5) is 10.4. The summed E-state index contributed by atoms with van der Waals surface area (Å²) in [5.74, 6) is 0. The molecule has 2 N–H and O–H groups in total. The van der Waals surface area contributed by atoms with E-state index < -0.39 is 0 Å². The van der Waals surface area contributed by atoms with E-state index in [2.05, 4.69) is 6.92 Å². The Balaban J connectivity index is 2.56. The van der Waals surface area contributed by atoms with Gasteiger partial charge in [-0.25, -0.2) is 0 Å². The molecule has 0 radical (unpaired) electrons. The zero-order chi connectivity index (χ0) is 12.0. The van der Waals surface area contributed by atoms with Crippen LogP contribution in [0.3, 0.4) is 0 Å². The SMILES string of the molecule is CCC(N)CCCc1ccccc1[N+](=O)[O-]. The van der Waals surface area contributed by atoms with Crippen molar-refractivity contribution >= 4 is 5.69 Å². The summed E-state index contributed by atoms with van der Waals surface area (Å²) in [5, 5.41) is 10.8. The van der Waals surface area contributed by atoms with Gasteiger partial charge in [-0.15, -0.1) is 0 Å². The molecule has 0 saturated heterocycles. The van der Waals surface area contributed by atoms with Gasteiger partial charge in [0.05, 0.1) is 4.92 Å². The molecule has 4 nitrogen and oxygen atoms in total. The maximum atomic E-state index is 10.8. The number of benzene rings is 1. The molecule has 0 aliphatic rings. The van der Waals surface area contributed by atoms with Crippen LogP contribution in [0.1, 0.15) is 31.7 Å². The molecule has 1 aromatic rings. The van der Waals surface area contributed by atoms with Crippen LogP contribution in [0.25, 0.3) is 0 Å². The van der Waals surface area contributed by atoms with Gasteiger partial charge >= 0.3 is 0 Å². The summed E-state index contributed by atoms with van der Waals surface area (Å²) in [6.45, 7) is 2.05. The number of rotatable bonds is 6. The molecule has 4 heteroatoms. The molecule has 0 fully saturated rings. The van der Waals surface area contributed by atoms with Crippen LogP contribution in [0.2, 0.25) is 0 Å². The second kappa shape index (κ2) is 6.23. The minimum absolute atomic E-state index is 0.211. The Kier molecular flexibility index (Phi) is 4.92. The topological polar surface area (TPSA) is 69.2 Å². The van der Waals surface area contributed by atoms with Crippen molar-refractivity contribution in [3.63, 3.8) is 0 Å². The summed E-state index contributed by atoms with van der Waals surface area (Å²) in [6.07, 6.45) is 3.50. The normalized spacial score (nSPS) is 12.4. The van der Waals surface area contributed by atoms with Crippen molar-refractivity contribution in [1.29, 1.82) is 0 Å². The van der Waals surface area contributed by atoms with Gasteiger partial charge in [0.2, 0.25) is 0 Å². The van der Waals surface area contributed by atoms with Gasteiger partial charge in [0.1, 0.15) is 0 Å². The number of hydrogen-bond donors (Lipinski definition) is 1. The maximum absolute atomic E-state index is 10.8. The smallest absolute Gasteiger partial charge is 0.272 e. The molecule has 0 aromatic heterocycles. The highest BCUT2D eigenvalue weighted by molar-refractivity contribution is 5.39. The lowest BCUT2D eigenvalue weighted by Crippen LogP contribution is -2.18. The zero-order valence-electron chi connectivity index (χ0n) is 9.56. The molecule has 0 aliphatic heterocycles. The first kappa shape index (κ1) is 12.6. The van der Waals surface area contributed by atoms with Crippen LogP contribution in [0.4, 0.5) is 5.69 Å². The van der Waals surface area contributed by atoms with Crippen LogP contribution in [0.5, 0.6) is 0 Å². The fourth-order valence-corrected chi connectivity index (χ4v) is 1.66. The third-order valence-corrected chi connectivity index (χ3v) is 2.73. The number of nitrogens with zero attached hydrogens (tertiary/aromatic N) is 1. The molecule has 0 aliphatic carbocycles. The molecule has 88 valence electrons. The van der Waals surface area contributed by atoms with Crippen LogP contribution in [0, 0.1) is 10.1 Å². The number of hydrogen-bond acceptors (Lipinski definition) is 3. The van der Waals surface area contributed by atoms with Gasteiger partial charge in [0, 0.05) is 17.7 Å². The first-order valence-corrected chi connectivity index (χ1v) is 5.63. The van der Waals surface area contributed by atoms with Gasteiger partial charge < -0.3 is 5.73 Å². The first-order chi connectivity index (χ1) is 7.65. The molecular weight excluding hydrogens is 204 g/mol. The van der Waals surface area contributed by atoms with Gasteiger partial charge in [0.15, 0.2) is 0 Å². The summed E-state index contributed by atoms with van der Waals surface area (Å²) in [6, 6.07) is 7.11. The van der Waals surface area contributed by atoms with Gasteiger partial charge in [-0.05, 0) is 25.7 Å². The van der Waals surface area contributed by atoms with Crippen LogP contribution in [-0.4, -0.2) is 11.0 Å². The summed E-state index contributed by atoms with van der Waals surface area (Å²) in [7, 11) is 0. The van der Waals surface area contributed by atoms with Crippen molar-refractivity contribution in [2.24, 2.45) is 5.73 Å². The Bertz CT molecular complexity index is 353. The Morgan fingerprint density at radius 2 is 2.12 bits per heavy atom. The molecule has 1 rings (SSSR count). The molecule has 1 aromatic carbocycles. The first-order valence-electron chi connectivity index (χ1n) is 5.63. The third kappa shape index (κ3) is 3.62. The van der Waals surface area contributed by atoms with Crippen molar-refractivity contribution in [1.82, 2.24) is 0 Å². The lowest BCUT2D eigenvalue weighted by molar-refractivity contribution is -0.385. The summed E-state index contributed by atoms with van der Waals surface area (Å²) < 4.78 is 0. The lowest BCUT2D eigenvalue weighted by Gasteiger charge is -2.08. The van der Waals surface area contributed by atoms with Crippen LogP contribution >= 0.6 is 0 Å². The summed E-state index contributed by atoms with van der Waals surface area (Å²) in [5.41, 5.74) is 6.82. The van der Waals surface area contributed by atoms with Crippen LogP contribution in [-0.2, 0) is 6.42 Å². The van der Waals surface area contributed by atoms with E-state index in [4.69, 9.17) is 5.73 Å². The maximum Gasteiger partial charge on any atom is 0.272 e. The summed E-state index contributed by atoms with van der Waals surface area (Å²) >= 11 is 0. The molecule has 16 heavy (non-hydrogen) atoms. The Morgan fingerprint density at radius 1 is 1.44 bits per heavy atom. The second-order valence-electron chi connectivity index (χ2n) is 3.95. The van der Waals surface area contributed by atoms with Crippen molar-refractivity contribution in [2.75, 3.05) is 0 Å². The third-order valence-electron chi connectivity index (χ3n) is 2.73. The minimum atomic E-state index is -0.324. The molecular formula is C12H18N2O2. The molecule has 1 atom stereocenters. The lowest BCUT2D eigenvalue weighted by atomic mass is 10.0. The average Bonchev–Trinajstić information content (AvgIpc) is 2.29. The van der Waals surface area contributed by atoms with E-state index in [1.165, 1.54) is 0 Å². The monoisotopic (exact) mass is 222 g/mol. The van der Waals surface area contributed by atoms with E-state index in [0.29, 0.717) is 0 Å². The van der Waals surface area contributed by atoms with E-state index in [1.807, 2.05) is 12.1 Å². The van der Waals surface area contributed by atoms with Crippen molar-refractivity contribution in [3.8, 4) is 0 Å². The molecule has 0 saturated carbocycles. The predicted octanol–water partition coefficient (Wildman–Crippen LogP) is 2.65. The zero-order valence-corrected chi connectivity index (χ0v) is 9.56. The molecule has 1 unspecified atom stereocenters. The number of aryl methyl sites for hydroxylation is 1. The van der Waals surface area contributed by atoms with E-state index >= 15 is 0 Å². The van der Waals surface area contributed by atoms with Gasteiger partial charge in [-0.3, -0.25) is 10.1 Å². The van der Waals surface area contributed by atoms with E-state index in [0.717, 1.165) is 31.2 Å². The fourth-order valence-electron chi connectivity index (χ4n) is 1.66. The second-order valence-corrected chi connectivity index (χ2v) is 3.95. The number of nitro benzene ring substituents is 1. The average molecular weight is 222 g/mol. The Morgan fingerprint density at radius 3 is 2.75 bits per heavy atom. The van der Waals surface area contributed by atoms with Gasteiger partial charge in [0.25, 0.3) is 5.69 Å². The number of nitrogens with two attached hydrogens (primary N) is 1. The highest BCUT2D eigenvalue weighted by Gasteiger charge is 2.11. The highest BCUT2D eigenvalue weighted by Crippen LogP contribution is 2.19. The molecule has 0 spiro atoms. The Labute approximate surface area is 95.6 Å². The van der Waals surface area contributed by atoms with Crippen LogP contribution < -0.4 is 5.73 Å². The predicted molar refractivity (Wildman–Crippen MR) is 64.3 cm³/mol. The van der Waals surface area contributed by atoms with Gasteiger partial charge in [-0.2, -0.15) is 0 Å². The Hall–Kier alpha value is -1.42. The number of nitro groups is 1. The minimum Gasteiger partial charge on any atom is -0.328 e. The van der Waals surface area contributed by atoms with Crippen molar-refractivity contribution in [2.45, 2.75) is 38.6 Å². The van der Waals surface area contributed by atoms with Crippen molar-refractivity contribution in [3.05, 3.63) is 39.9 Å². The molecule has 0 heterocycles. The van der Waals surface area contributed by atoms with E-state index in [1.54, 1.807) is 12.1 Å². The number of para-hydroxylation sites is 1. The standard InChI is InChI=1S/C12H18N2O2/c1-2-11(13)8-5-7-10-6-3-4-9-12(10)14(15)16/h3-4,6,9,11H,2,5,7-8,13H2,1H3. The van der Waals surface area contributed by atoms with Gasteiger partial charge in [-0.1, -0.05) is 25.1 Å². The highest BCUT2D eigenvalue weighted by atomic mass is 16.6. The molecule has 0 bridgehead atoms. The van der Waals surface area contributed by atoms with E-state index in [9.17, 15) is 10.1 Å². The van der Waals surface area contributed by atoms with E-state index in [-0.39, 0.29) is 16.7 Å². The van der Waals surface area contributed by atoms with Crippen LogP contribution in [0.15, 0.2) is 24.3 Å². The fraction of sp³-hybridized carbons (Fsp3) is 0.500. The largest absolute Gasteiger partial charge is 0.328 e. The quantitative estimate of drug-likeness (QED) is 0.594. The van der Waals surface area contributed by atoms with Crippen molar-refractivity contribution < 1.29 is 4.92 Å². The molecule has 0 amide bonds.